The van der Waals surface area contributed by atoms with Crippen molar-refractivity contribution in [3.63, 3.8) is 0 Å². The van der Waals surface area contributed by atoms with Crippen molar-refractivity contribution in [2.75, 3.05) is 6.54 Å². The van der Waals surface area contributed by atoms with Crippen molar-refractivity contribution >= 4 is 0 Å². The van der Waals surface area contributed by atoms with Crippen LogP contribution in [0.4, 0.5) is 0 Å². The molecule has 1 aromatic rings. The fourth-order valence-corrected chi connectivity index (χ4v) is 3.79. The van der Waals surface area contributed by atoms with Crippen LogP contribution < -0.4 is 5.32 Å². The van der Waals surface area contributed by atoms with Crippen LogP contribution in [-0.2, 0) is 0 Å². The summed E-state index contributed by atoms with van der Waals surface area (Å²) in [6, 6.07) is 2.67. The normalized spacial score (nSPS) is 24.4. The van der Waals surface area contributed by atoms with Gasteiger partial charge < -0.3 is 9.73 Å². The van der Waals surface area contributed by atoms with Crippen LogP contribution in [0, 0.1) is 25.2 Å². The van der Waals surface area contributed by atoms with Crippen LogP contribution in [0.3, 0.4) is 0 Å². The molecule has 2 rings (SSSR count). The maximum Gasteiger partial charge on any atom is 0.105 e. The number of furan rings is 1. The molecule has 0 radical (unpaired) electrons. The lowest BCUT2D eigenvalue weighted by molar-refractivity contribution is 0.0983. The Balaban J connectivity index is 2.31. The van der Waals surface area contributed by atoms with Crippen LogP contribution in [-0.4, -0.2) is 6.54 Å². The third-order valence-electron chi connectivity index (χ3n) is 4.83. The summed E-state index contributed by atoms with van der Waals surface area (Å²) in [5, 5.41) is 3.72. The smallest absolute Gasteiger partial charge is 0.105 e. The minimum Gasteiger partial charge on any atom is -0.466 e. The lowest BCUT2D eigenvalue weighted by atomic mass is 9.64. The standard InChI is InChI=1S/C17H29NO/c1-6-18-16(14-11-12(2)19-13(14)3)15-9-7-8-10-17(15,4)5/h11,15-16,18H,6-10H2,1-5H3. The zero-order valence-corrected chi connectivity index (χ0v) is 13.2. The monoisotopic (exact) mass is 263 g/mol. The van der Waals surface area contributed by atoms with Gasteiger partial charge in [0, 0.05) is 11.6 Å². The first kappa shape index (κ1) is 14.6. The Kier molecular flexibility index (Phi) is 4.39. The molecule has 1 aliphatic carbocycles. The van der Waals surface area contributed by atoms with E-state index in [0.29, 0.717) is 17.4 Å². The van der Waals surface area contributed by atoms with E-state index < -0.39 is 0 Å². The highest BCUT2D eigenvalue weighted by atomic mass is 16.3. The van der Waals surface area contributed by atoms with Gasteiger partial charge in [0.15, 0.2) is 0 Å². The van der Waals surface area contributed by atoms with Crippen LogP contribution in [0.1, 0.15) is 69.6 Å². The van der Waals surface area contributed by atoms with E-state index in [9.17, 15) is 0 Å². The molecule has 19 heavy (non-hydrogen) atoms. The van der Waals surface area contributed by atoms with Crippen LogP contribution in [0.25, 0.3) is 0 Å². The largest absolute Gasteiger partial charge is 0.466 e. The summed E-state index contributed by atoms with van der Waals surface area (Å²) in [5.41, 5.74) is 1.79. The summed E-state index contributed by atoms with van der Waals surface area (Å²) in [5.74, 6) is 2.82. The van der Waals surface area contributed by atoms with Gasteiger partial charge in [-0.1, -0.05) is 33.6 Å². The van der Waals surface area contributed by atoms with Crippen molar-refractivity contribution in [2.24, 2.45) is 11.3 Å². The molecule has 2 heteroatoms. The molecule has 2 unspecified atom stereocenters. The number of nitrogens with one attached hydrogen (secondary N) is 1. The summed E-state index contributed by atoms with van der Waals surface area (Å²) < 4.78 is 5.76. The number of hydrogen-bond acceptors (Lipinski definition) is 2. The second-order valence-corrected chi connectivity index (χ2v) is 6.74. The zero-order chi connectivity index (χ0) is 14.0. The predicted octanol–water partition coefficient (Wildman–Crippen LogP) is 4.76. The molecule has 2 nitrogen and oxygen atoms in total. The molecular weight excluding hydrogens is 234 g/mol. The quantitative estimate of drug-likeness (QED) is 0.847. The average molecular weight is 263 g/mol. The molecule has 1 N–H and O–H groups in total. The average Bonchev–Trinajstić information content (AvgIpc) is 2.65. The van der Waals surface area contributed by atoms with Gasteiger partial charge in [-0.3, -0.25) is 0 Å². The van der Waals surface area contributed by atoms with E-state index in [1.807, 2.05) is 6.92 Å². The second kappa shape index (κ2) is 5.70. The van der Waals surface area contributed by atoms with E-state index in [-0.39, 0.29) is 0 Å². The molecule has 0 aromatic carbocycles. The summed E-state index contributed by atoms with van der Waals surface area (Å²) >= 11 is 0. The molecule has 0 saturated heterocycles. The Morgan fingerprint density at radius 2 is 2.11 bits per heavy atom. The SMILES string of the molecule is CCNC(c1cc(C)oc1C)C1CCCCC1(C)C. The summed E-state index contributed by atoms with van der Waals surface area (Å²) in [6.45, 7) is 12.2. The molecule has 0 spiro atoms. The summed E-state index contributed by atoms with van der Waals surface area (Å²) in [6.07, 6.45) is 5.42. The molecule has 0 bridgehead atoms. The Bertz CT molecular complexity index is 419. The lowest BCUT2D eigenvalue weighted by Crippen LogP contribution is -2.39. The first-order valence-corrected chi connectivity index (χ1v) is 7.76. The molecule has 2 atom stereocenters. The molecule has 0 aliphatic heterocycles. The molecule has 108 valence electrons. The molecule has 1 fully saturated rings. The van der Waals surface area contributed by atoms with E-state index in [1.54, 1.807) is 0 Å². The van der Waals surface area contributed by atoms with E-state index >= 15 is 0 Å². The van der Waals surface area contributed by atoms with E-state index in [4.69, 9.17) is 4.42 Å². The topological polar surface area (TPSA) is 25.2 Å². The Hall–Kier alpha value is -0.760. The fourth-order valence-electron chi connectivity index (χ4n) is 3.79. The van der Waals surface area contributed by atoms with Gasteiger partial charge in [0.1, 0.15) is 11.5 Å². The second-order valence-electron chi connectivity index (χ2n) is 6.74. The van der Waals surface area contributed by atoms with Gasteiger partial charge in [0.25, 0.3) is 0 Å². The van der Waals surface area contributed by atoms with E-state index in [2.05, 4.69) is 39.1 Å². The van der Waals surface area contributed by atoms with Crippen molar-refractivity contribution in [1.82, 2.24) is 5.32 Å². The van der Waals surface area contributed by atoms with Crippen molar-refractivity contribution in [2.45, 2.75) is 66.3 Å². The van der Waals surface area contributed by atoms with Gasteiger partial charge in [-0.2, -0.15) is 0 Å². The highest BCUT2D eigenvalue weighted by Gasteiger charge is 2.38. The Morgan fingerprint density at radius 1 is 1.37 bits per heavy atom. The molecule has 1 aliphatic rings. The van der Waals surface area contributed by atoms with Crippen molar-refractivity contribution in [3.05, 3.63) is 23.2 Å². The summed E-state index contributed by atoms with van der Waals surface area (Å²) in [7, 11) is 0. The number of rotatable bonds is 4. The Labute approximate surface area is 118 Å². The lowest BCUT2D eigenvalue weighted by Gasteiger charge is -2.43. The first-order chi connectivity index (χ1) is 8.95. The molecule has 1 saturated carbocycles. The number of aryl methyl sites for hydroxylation is 2. The third-order valence-corrected chi connectivity index (χ3v) is 4.83. The van der Waals surface area contributed by atoms with Crippen LogP contribution >= 0.6 is 0 Å². The van der Waals surface area contributed by atoms with E-state index in [1.165, 1.54) is 31.2 Å². The highest BCUT2D eigenvalue weighted by molar-refractivity contribution is 5.25. The van der Waals surface area contributed by atoms with Gasteiger partial charge >= 0.3 is 0 Å². The van der Waals surface area contributed by atoms with Crippen LogP contribution in [0.2, 0.25) is 0 Å². The molecule has 1 heterocycles. The molecular formula is C17H29NO. The van der Waals surface area contributed by atoms with Gasteiger partial charge in [-0.05, 0) is 50.6 Å². The molecule has 1 aromatic heterocycles. The van der Waals surface area contributed by atoms with Crippen molar-refractivity contribution < 1.29 is 4.42 Å². The minimum atomic E-state index is 0.419. The van der Waals surface area contributed by atoms with Crippen molar-refractivity contribution in [3.8, 4) is 0 Å². The van der Waals surface area contributed by atoms with Gasteiger partial charge in [-0.25, -0.2) is 0 Å². The predicted molar refractivity (Wildman–Crippen MR) is 80.3 cm³/mol. The maximum atomic E-state index is 5.76. The zero-order valence-electron chi connectivity index (χ0n) is 13.2. The van der Waals surface area contributed by atoms with Gasteiger partial charge in [-0.15, -0.1) is 0 Å². The maximum absolute atomic E-state index is 5.76. The minimum absolute atomic E-state index is 0.419. The van der Waals surface area contributed by atoms with Gasteiger partial charge in [0.2, 0.25) is 0 Å². The Morgan fingerprint density at radius 3 is 2.63 bits per heavy atom. The first-order valence-electron chi connectivity index (χ1n) is 7.76. The van der Waals surface area contributed by atoms with Crippen LogP contribution in [0.5, 0.6) is 0 Å². The van der Waals surface area contributed by atoms with Crippen molar-refractivity contribution in [1.29, 1.82) is 0 Å². The number of hydrogen-bond donors (Lipinski definition) is 1. The fraction of sp³-hybridized carbons (Fsp3) is 0.765. The molecule has 0 amide bonds. The van der Waals surface area contributed by atoms with E-state index in [0.717, 1.165) is 18.1 Å². The summed E-state index contributed by atoms with van der Waals surface area (Å²) in [4.78, 5) is 0. The van der Waals surface area contributed by atoms with Gasteiger partial charge in [0.05, 0.1) is 0 Å². The third kappa shape index (κ3) is 3.05. The highest BCUT2D eigenvalue weighted by Crippen LogP contribution is 2.47. The van der Waals surface area contributed by atoms with Crippen LogP contribution in [0.15, 0.2) is 10.5 Å².